The van der Waals surface area contributed by atoms with Crippen molar-refractivity contribution in [1.82, 2.24) is 30.6 Å². The summed E-state index contributed by atoms with van der Waals surface area (Å²) >= 11 is 0. The second kappa shape index (κ2) is 22.7. The molecule has 0 saturated heterocycles. The second-order valence-corrected chi connectivity index (χ2v) is 19.3. The number of nitrogen functional groups attached to an aromatic ring is 1. The number of aryl methyl sites for hydroxylation is 1. The third-order valence-electron chi connectivity index (χ3n) is 11.5. The van der Waals surface area contributed by atoms with Crippen LogP contribution in [0.25, 0.3) is 22.4 Å². The fourth-order valence-corrected chi connectivity index (χ4v) is 7.99. The Morgan fingerprint density at radius 1 is 0.971 bits per heavy atom. The molecule has 0 radical (unpaired) electrons. The Labute approximate surface area is 405 Å². The molecule has 1 aliphatic rings. The van der Waals surface area contributed by atoms with Gasteiger partial charge in [-0.1, -0.05) is 51.1 Å². The number of hydrogen-bond acceptors (Lipinski definition) is 15. The predicted octanol–water partition coefficient (Wildman–Crippen LogP) is 0.457. The van der Waals surface area contributed by atoms with Crippen LogP contribution in [0.2, 0.25) is 0 Å². The molecule has 4 bridgehead atoms. The number of hydrogen-bond donors (Lipinski definition) is 11. The number of nitrogens with two attached hydrogens (primary N) is 4. The van der Waals surface area contributed by atoms with Crippen LogP contribution in [-0.2, 0) is 41.2 Å². The van der Waals surface area contributed by atoms with Crippen molar-refractivity contribution in [3.05, 3.63) is 88.5 Å². The maximum atomic E-state index is 14.9. The average Bonchev–Trinajstić information content (AvgIpc) is 3.29. The van der Waals surface area contributed by atoms with Crippen molar-refractivity contribution >= 4 is 45.6 Å². The molecule has 2 heterocycles. The van der Waals surface area contributed by atoms with Crippen molar-refractivity contribution in [2.24, 2.45) is 16.6 Å². The molecular weight excluding hydrogens is 929 g/mol. The van der Waals surface area contributed by atoms with Crippen molar-refractivity contribution in [2.75, 3.05) is 45.6 Å². The van der Waals surface area contributed by atoms with Crippen LogP contribution in [0.3, 0.4) is 0 Å². The Morgan fingerprint density at radius 2 is 1.66 bits per heavy atom. The van der Waals surface area contributed by atoms with Gasteiger partial charge in [0, 0.05) is 43.2 Å². The fraction of sp³-hybridized carbons (Fsp3) is 0.404. The summed E-state index contributed by atoms with van der Waals surface area (Å²) in [4.78, 5) is 75.1. The van der Waals surface area contributed by atoms with E-state index >= 15 is 0 Å². The number of fused-ring (bicyclic) bond motifs is 5. The van der Waals surface area contributed by atoms with Crippen molar-refractivity contribution in [3.8, 4) is 39.6 Å². The maximum Gasteiger partial charge on any atom is 0.326 e. The number of aliphatic carboxylic acids is 1. The van der Waals surface area contributed by atoms with Crippen LogP contribution in [-0.4, -0.2) is 127 Å². The first kappa shape index (κ1) is 54.1. The van der Waals surface area contributed by atoms with E-state index < -0.39 is 89.0 Å². The summed E-state index contributed by atoms with van der Waals surface area (Å²) < 4.78 is 38.5. The highest BCUT2D eigenvalue weighted by Gasteiger charge is 2.38. The van der Waals surface area contributed by atoms with Crippen LogP contribution < -0.4 is 52.5 Å². The number of nitrogens with zero attached hydrogens (tertiary/aromatic N) is 2. The van der Waals surface area contributed by atoms with Gasteiger partial charge in [0.1, 0.15) is 48.4 Å². The third kappa shape index (κ3) is 13.5. The molecule has 22 nitrogen and oxygen atoms in total. The van der Waals surface area contributed by atoms with Crippen LogP contribution in [0.15, 0.2) is 60.7 Å². The first-order valence-corrected chi connectivity index (χ1v) is 23.8. The van der Waals surface area contributed by atoms with Crippen molar-refractivity contribution in [2.45, 2.75) is 83.1 Å². The van der Waals surface area contributed by atoms with Gasteiger partial charge in [0.25, 0.3) is 16.1 Å². The molecule has 0 unspecified atom stereocenters. The van der Waals surface area contributed by atoms with E-state index in [-0.39, 0.29) is 71.1 Å². The van der Waals surface area contributed by atoms with Gasteiger partial charge in [0.05, 0.1) is 17.9 Å². The lowest BCUT2D eigenvalue weighted by Crippen LogP contribution is -2.57. The Morgan fingerprint density at radius 3 is 2.26 bits per heavy atom. The number of carbonyl (C=O) groups is 5. The molecule has 1 aromatic heterocycles. The van der Waals surface area contributed by atoms with Gasteiger partial charge in [0.15, 0.2) is 11.5 Å². The van der Waals surface area contributed by atoms with Gasteiger partial charge >= 0.3 is 5.97 Å². The zero-order valence-corrected chi connectivity index (χ0v) is 40.6. The minimum absolute atomic E-state index is 0.0493. The summed E-state index contributed by atoms with van der Waals surface area (Å²) in [5.74, 6) is -6.26. The van der Waals surface area contributed by atoms with Gasteiger partial charge in [-0.3, -0.25) is 19.2 Å². The number of benzene rings is 3. The van der Waals surface area contributed by atoms with E-state index in [1.165, 1.54) is 31.2 Å². The molecule has 15 N–H and O–H groups in total. The zero-order valence-electron chi connectivity index (χ0n) is 39.7. The van der Waals surface area contributed by atoms with Crippen LogP contribution in [0.5, 0.6) is 17.2 Å². The minimum Gasteiger partial charge on any atom is -0.504 e. The number of aromatic nitrogens is 1. The number of carboxylic acids is 1. The molecule has 5 atom stereocenters. The molecule has 4 amide bonds. The minimum atomic E-state index is -4.51. The maximum absolute atomic E-state index is 14.9. The predicted molar refractivity (Wildman–Crippen MR) is 260 cm³/mol. The number of aliphatic hydroxyl groups is 1. The SMILES string of the molecule is Cc1cc(-c2ccc(C(C)(C)C)cc2)nc(N)c1C(=O)N[C@@H](CNS(N)(=O)=O)C(=O)N(C)[C@@H]1C(=O)N[C@@H](C)C(=O)N[C@H](C(=O)O)Cc2ccc(OCCCN)c(c2)-c2cc1cc(OC[C@H](O)CN)c2O. The van der Waals surface area contributed by atoms with Crippen LogP contribution in [0.1, 0.15) is 72.8 Å². The van der Waals surface area contributed by atoms with Crippen LogP contribution in [0.4, 0.5) is 5.82 Å². The number of aromatic hydroxyl groups is 1. The van der Waals surface area contributed by atoms with E-state index in [9.17, 15) is 47.7 Å². The molecule has 0 saturated carbocycles. The number of pyridine rings is 1. The van der Waals surface area contributed by atoms with Crippen LogP contribution in [0, 0.1) is 6.92 Å². The van der Waals surface area contributed by atoms with E-state index in [1.54, 1.807) is 19.1 Å². The quantitative estimate of drug-likeness (QED) is 0.0640. The molecule has 70 heavy (non-hydrogen) atoms. The summed E-state index contributed by atoms with van der Waals surface area (Å²) in [5, 5.41) is 45.2. The highest BCUT2D eigenvalue weighted by atomic mass is 32.2. The molecule has 4 aromatic rings. The first-order chi connectivity index (χ1) is 32.8. The van der Waals surface area contributed by atoms with E-state index in [2.05, 4.69) is 41.7 Å². The Balaban J connectivity index is 1.66. The number of ether oxygens (including phenoxy) is 2. The lowest BCUT2D eigenvalue weighted by Gasteiger charge is -2.33. The molecule has 3 aromatic carbocycles. The number of carbonyl (C=O) groups excluding carboxylic acids is 4. The Hall–Kier alpha value is -6.89. The molecule has 1 aliphatic heterocycles. The lowest BCUT2D eigenvalue weighted by atomic mass is 9.86. The van der Waals surface area contributed by atoms with Gasteiger partial charge in [-0.25, -0.2) is 14.9 Å². The smallest absolute Gasteiger partial charge is 0.326 e. The molecule has 23 heteroatoms. The molecule has 0 aliphatic carbocycles. The number of rotatable bonds is 17. The van der Waals surface area contributed by atoms with Gasteiger partial charge < -0.3 is 62.8 Å². The highest BCUT2D eigenvalue weighted by molar-refractivity contribution is 7.87. The number of nitrogens with one attached hydrogen (secondary N) is 4. The Kier molecular flexibility index (Phi) is 17.5. The largest absolute Gasteiger partial charge is 0.504 e. The van der Waals surface area contributed by atoms with Gasteiger partial charge in [-0.15, -0.1) is 0 Å². The summed E-state index contributed by atoms with van der Waals surface area (Å²) in [7, 11) is -3.35. The molecular formula is C47H62N10O12S. The highest BCUT2D eigenvalue weighted by Crippen LogP contribution is 2.45. The summed E-state index contributed by atoms with van der Waals surface area (Å²) in [6.45, 7) is 7.94. The number of carboxylic acid groups (broad SMARTS) is 1. The van der Waals surface area contributed by atoms with E-state index in [0.29, 0.717) is 28.8 Å². The van der Waals surface area contributed by atoms with E-state index in [1.807, 2.05) is 29.0 Å². The normalized spacial score (nSPS) is 17.3. The first-order valence-electron chi connectivity index (χ1n) is 22.2. The molecule has 378 valence electrons. The number of anilines is 1. The molecule has 0 fully saturated rings. The zero-order chi connectivity index (χ0) is 51.8. The summed E-state index contributed by atoms with van der Waals surface area (Å²) in [6.07, 6.45) is -1.06. The average molecular weight is 991 g/mol. The van der Waals surface area contributed by atoms with Gasteiger partial charge in [-0.05, 0) is 84.8 Å². The third-order valence-corrected chi connectivity index (χ3v) is 12.0. The van der Waals surface area contributed by atoms with Crippen LogP contribution >= 0.6 is 0 Å². The van der Waals surface area contributed by atoms with Crippen molar-refractivity contribution in [3.63, 3.8) is 0 Å². The summed E-state index contributed by atoms with van der Waals surface area (Å²) in [6, 6.07) is 9.85. The topological polar surface area (TPSA) is 367 Å². The second-order valence-electron chi connectivity index (χ2n) is 18.0. The van der Waals surface area contributed by atoms with Gasteiger partial charge in [-0.2, -0.15) is 13.1 Å². The fourth-order valence-electron chi connectivity index (χ4n) is 7.59. The molecule has 0 spiro atoms. The number of amides is 4. The van der Waals surface area contributed by atoms with E-state index in [0.717, 1.165) is 17.5 Å². The van der Waals surface area contributed by atoms with Crippen molar-refractivity contribution in [1.29, 1.82) is 0 Å². The Bertz CT molecular complexity index is 2690. The number of phenolic OH excluding ortho intramolecular Hbond substituents is 1. The monoisotopic (exact) mass is 990 g/mol. The standard InChI is InChI=1S/C47H62N10O12S/c1-24-16-33(27-9-11-29(12-10-27)47(3,4)5)54-41(50)38(24)43(61)56-35(22-52-70(51,66)67)45(63)57(6)39-28-19-32(40(59)37(20-28)69-23-30(58)21-49)31-17-26(8-13-36(31)68-15-7-14-48)18-34(46(64)65)55-42(60)25(2)53-44(39)62/h8-13,16-17,19-20,25,30,34-35,39,52,58-59H,7,14-15,18,21-23,48-49H2,1-6H3,(H2,50,54)(H,53,62)(H,55,60)(H,56,61)(H,64,65)(H2,51,66,67)/t25-,30+,34-,35-,39-/m0/s1. The number of phenols is 1. The van der Waals surface area contributed by atoms with Crippen molar-refractivity contribution < 1.29 is 57.2 Å². The van der Waals surface area contributed by atoms with Gasteiger partial charge in [0.2, 0.25) is 17.7 Å². The number of likely N-dealkylation sites (N-methyl/N-ethyl adjacent to an activating group) is 1. The molecule has 5 rings (SSSR count). The van der Waals surface area contributed by atoms with E-state index in [4.69, 9.17) is 31.8 Å². The number of aliphatic hydroxyl groups excluding tert-OH is 1. The summed E-state index contributed by atoms with van der Waals surface area (Å²) in [5.41, 5.74) is 20.5. The lowest BCUT2D eigenvalue weighted by molar-refractivity contribution is -0.143.